The molecule has 0 bridgehead atoms. The van der Waals surface area contributed by atoms with Crippen LogP contribution in [-0.2, 0) is 9.63 Å². The van der Waals surface area contributed by atoms with Crippen LogP contribution in [-0.4, -0.2) is 36.7 Å². The van der Waals surface area contributed by atoms with E-state index in [0.29, 0.717) is 19.1 Å². The Balaban J connectivity index is 1.93. The van der Waals surface area contributed by atoms with Crippen LogP contribution in [0.5, 0.6) is 0 Å². The van der Waals surface area contributed by atoms with Crippen LogP contribution in [0.3, 0.4) is 0 Å². The molecule has 0 atom stereocenters. The van der Waals surface area contributed by atoms with Crippen molar-refractivity contribution < 1.29 is 9.63 Å². The van der Waals surface area contributed by atoms with Crippen molar-refractivity contribution in [3.8, 4) is 0 Å². The maximum atomic E-state index is 11.3. The fourth-order valence-electron chi connectivity index (χ4n) is 1.76. The standard InChI is InChI=1S/C8H14N2O2/c11-8-3-6-12-10(8)7-1-4-9-5-2-7/h7,9H,1-6H2. The molecule has 4 nitrogen and oxygen atoms in total. The predicted molar refractivity (Wildman–Crippen MR) is 43.3 cm³/mol. The highest BCUT2D eigenvalue weighted by atomic mass is 16.7. The first-order chi connectivity index (χ1) is 5.88. The minimum absolute atomic E-state index is 0.155. The van der Waals surface area contributed by atoms with Gasteiger partial charge in [-0.15, -0.1) is 0 Å². The normalized spacial score (nSPS) is 26.7. The van der Waals surface area contributed by atoms with Crippen molar-refractivity contribution in [1.29, 1.82) is 0 Å². The average molecular weight is 170 g/mol. The molecule has 1 amide bonds. The Bertz CT molecular complexity index is 178. The SMILES string of the molecule is O=C1CCON1C1CCNCC1. The summed E-state index contributed by atoms with van der Waals surface area (Å²) >= 11 is 0. The van der Waals surface area contributed by atoms with Gasteiger partial charge in [0.2, 0.25) is 5.91 Å². The van der Waals surface area contributed by atoms with Crippen molar-refractivity contribution in [3.63, 3.8) is 0 Å². The van der Waals surface area contributed by atoms with Crippen molar-refractivity contribution in [2.75, 3.05) is 19.7 Å². The van der Waals surface area contributed by atoms with E-state index in [1.807, 2.05) is 0 Å². The highest BCUT2D eigenvalue weighted by Gasteiger charge is 2.30. The lowest BCUT2D eigenvalue weighted by atomic mass is 10.1. The summed E-state index contributed by atoms with van der Waals surface area (Å²) in [7, 11) is 0. The maximum Gasteiger partial charge on any atom is 0.248 e. The fraction of sp³-hybridized carbons (Fsp3) is 0.875. The lowest BCUT2D eigenvalue weighted by Crippen LogP contribution is -2.42. The smallest absolute Gasteiger partial charge is 0.248 e. The molecule has 2 aliphatic rings. The Labute approximate surface area is 71.8 Å². The monoisotopic (exact) mass is 170 g/mol. The van der Waals surface area contributed by atoms with Crippen LogP contribution in [0, 0.1) is 0 Å². The zero-order valence-electron chi connectivity index (χ0n) is 7.08. The van der Waals surface area contributed by atoms with Gasteiger partial charge < -0.3 is 5.32 Å². The fourth-order valence-corrected chi connectivity index (χ4v) is 1.76. The molecule has 0 spiro atoms. The lowest BCUT2D eigenvalue weighted by Gasteiger charge is -2.29. The van der Waals surface area contributed by atoms with Crippen molar-refractivity contribution in [3.05, 3.63) is 0 Å². The number of rotatable bonds is 1. The topological polar surface area (TPSA) is 41.6 Å². The summed E-state index contributed by atoms with van der Waals surface area (Å²) in [5, 5.41) is 4.84. The number of hydroxylamine groups is 2. The molecule has 4 heteroatoms. The Morgan fingerprint density at radius 3 is 2.75 bits per heavy atom. The second-order valence-corrected chi connectivity index (χ2v) is 3.28. The Kier molecular flexibility index (Phi) is 2.28. The highest BCUT2D eigenvalue weighted by Crippen LogP contribution is 2.17. The molecule has 1 N–H and O–H groups in total. The molecular weight excluding hydrogens is 156 g/mol. The van der Waals surface area contributed by atoms with E-state index in [-0.39, 0.29) is 5.91 Å². The molecule has 2 rings (SSSR count). The zero-order valence-corrected chi connectivity index (χ0v) is 7.08. The first kappa shape index (κ1) is 8.01. The summed E-state index contributed by atoms with van der Waals surface area (Å²) in [6, 6.07) is 0.321. The summed E-state index contributed by atoms with van der Waals surface area (Å²) in [5.74, 6) is 0.155. The second kappa shape index (κ2) is 3.41. The third kappa shape index (κ3) is 1.44. The molecule has 0 aromatic heterocycles. The largest absolute Gasteiger partial charge is 0.317 e. The Morgan fingerprint density at radius 1 is 1.42 bits per heavy atom. The van der Waals surface area contributed by atoms with Gasteiger partial charge in [-0.2, -0.15) is 0 Å². The molecule has 2 heterocycles. The van der Waals surface area contributed by atoms with Crippen molar-refractivity contribution >= 4 is 5.91 Å². The molecular formula is C8H14N2O2. The maximum absolute atomic E-state index is 11.3. The molecule has 0 radical (unpaired) electrons. The van der Waals surface area contributed by atoms with Crippen molar-refractivity contribution in [2.45, 2.75) is 25.3 Å². The summed E-state index contributed by atoms with van der Waals surface area (Å²) in [6.45, 7) is 2.57. The van der Waals surface area contributed by atoms with Crippen molar-refractivity contribution in [1.82, 2.24) is 10.4 Å². The van der Waals surface area contributed by atoms with Crippen LogP contribution in [0.1, 0.15) is 19.3 Å². The van der Waals surface area contributed by atoms with E-state index in [1.165, 1.54) is 0 Å². The first-order valence-corrected chi connectivity index (χ1v) is 4.53. The van der Waals surface area contributed by atoms with E-state index in [2.05, 4.69) is 5.32 Å². The van der Waals surface area contributed by atoms with E-state index >= 15 is 0 Å². The summed E-state index contributed by atoms with van der Waals surface area (Å²) in [5.41, 5.74) is 0. The van der Waals surface area contributed by atoms with Gasteiger partial charge in [-0.1, -0.05) is 0 Å². The number of carbonyl (C=O) groups is 1. The van der Waals surface area contributed by atoms with Gasteiger partial charge in [-0.25, -0.2) is 5.06 Å². The van der Waals surface area contributed by atoms with Gasteiger partial charge >= 0.3 is 0 Å². The van der Waals surface area contributed by atoms with Crippen LogP contribution in [0.4, 0.5) is 0 Å². The summed E-state index contributed by atoms with van der Waals surface area (Å²) in [6.07, 6.45) is 2.60. The molecule has 0 aliphatic carbocycles. The molecule has 0 aromatic carbocycles. The van der Waals surface area contributed by atoms with E-state index in [9.17, 15) is 4.79 Å². The molecule has 0 aromatic rings. The van der Waals surface area contributed by atoms with Crippen LogP contribution in [0.2, 0.25) is 0 Å². The minimum atomic E-state index is 0.155. The van der Waals surface area contributed by atoms with E-state index in [4.69, 9.17) is 4.84 Å². The van der Waals surface area contributed by atoms with E-state index in [0.717, 1.165) is 25.9 Å². The van der Waals surface area contributed by atoms with Gasteiger partial charge in [0, 0.05) is 0 Å². The van der Waals surface area contributed by atoms with Crippen LogP contribution in [0.25, 0.3) is 0 Å². The second-order valence-electron chi connectivity index (χ2n) is 3.28. The van der Waals surface area contributed by atoms with E-state index < -0.39 is 0 Å². The molecule has 2 aliphatic heterocycles. The Hall–Kier alpha value is -0.610. The number of piperidine rings is 1. The molecule has 2 fully saturated rings. The molecule has 12 heavy (non-hydrogen) atoms. The number of carbonyl (C=O) groups excluding carboxylic acids is 1. The van der Waals surface area contributed by atoms with Gasteiger partial charge in [-0.3, -0.25) is 9.63 Å². The Morgan fingerprint density at radius 2 is 2.17 bits per heavy atom. The number of amides is 1. The predicted octanol–water partition coefficient (Wildman–Crippen LogP) is -0.0977. The average Bonchev–Trinajstić information content (AvgIpc) is 2.53. The van der Waals surface area contributed by atoms with Gasteiger partial charge in [0.15, 0.2) is 0 Å². The number of hydrogen-bond donors (Lipinski definition) is 1. The third-order valence-electron chi connectivity index (χ3n) is 2.43. The van der Waals surface area contributed by atoms with Crippen LogP contribution < -0.4 is 5.32 Å². The molecule has 68 valence electrons. The molecule has 2 saturated heterocycles. The highest BCUT2D eigenvalue weighted by molar-refractivity contribution is 5.76. The summed E-state index contributed by atoms with van der Waals surface area (Å²) in [4.78, 5) is 16.5. The number of hydrogen-bond acceptors (Lipinski definition) is 3. The van der Waals surface area contributed by atoms with Gasteiger partial charge in [-0.05, 0) is 25.9 Å². The zero-order chi connectivity index (χ0) is 8.39. The van der Waals surface area contributed by atoms with Gasteiger partial charge in [0.25, 0.3) is 0 Å². The van der Waals surface area contributed by atoms with Crippen LogP contribution in [0.15, 0.2) is 0 Å². The first-order valence-electron chi connectivity index (χ1n) is 4.53. The minimum Gasteiger partial charge on any atom is -0.317 e. The van der Waals surface area contributed by atoms with E-state index in [1.54, 1.807) is 5.06 Å². The number of nitrogens with zero attached hydrogens (tertiary/aromatic N) is 1. The molecule has 0 unspecified atom stereocenters. The quantitative estimate of drug-likeness (QED) is 0.597. The van der Waals surface area contributed by atoms with Gasteiger partial charge in [0.1, 0.15) is 0 Å². The summed E-state index contributed by atoms with van der Waals surface area (Å²) < 4.78 is 0. The third-order valence-corrected chi connectivity index (χ3v) is 2.43. The molecule has 0 saturated carbocycles. The van der Waals surface area contributed by atoms with Gasteiger partial charge in [0.05, 0.1) is 19.1 Å². The van der Waals surface area contributed by atoms with Crippen molar-refractivity contribution in [2.24, 2.45) is 0 Å². The van der Waals surface area contributed by atoms with Crippen LogP contribution >= 0.6 is 0 Å². The lowest BCUT2D eigenvalue weighted by molar-refractivity contribution is -0.176. The number of nitrogens with one attached hydrogen (secondary N) is 1.